The van der Waals surface area contributed by atoms with Crippen LogP contribution in [0.3, 0.4) is 0 Å². The Balaban J connectivity index is 1.54. The van der Waals surface area contributed by atoms with Gasteiger partial charge < -0.3 is 15.2 Å². The van der Waals surface area contributed by atoms with Crippen LogP contribution >= 0.6 is 23.2 Å². The molecule has 0 bridgehead atoms. The summed E-state index contributed by atoms with van der Waals surface area (Å²) in [6.45, 7) is 1.71. The van der Waals surface area contributed by atoms with Crippen LogP contribution in [0.1, 0.15) is 27.2 Å². The Morgan fingerprint density at radius 3 is 2.24 bits per heavy atom. The third-order valence-corrected chi connectivity index (χ3v) is 6.43. The van der Waals surface area contributed by atoms with E-state index >= 15 is 0 Å². The monoisotopic (exact) mass is 535 g/mol. The lowest BCUT2D eigenvalue weighted by Gasteiger charge is -2.18. The minimum atomic E-state index is -1.12. The molecule has 0 radical (unpaired) electrons. The summed E-state index contributed by atoms with van der Waals surface area (Å²) in [6, 6.07) is 22.0. The summed E-state index contributed by atoms with van der Waals surface area (Å²) >= 11 is 12.0. The molecule has 1 atom stereocenters. The first-order valence-corrected chi connectivity index (χ1v) is 12.2. The number of amides is 2. The molecule has 7 nitrogen and oxygen atoms in total. The minimum absolute atomic E-state index is 0.0659. The molecule has 0 saturated carbocycles. The van der Waals surface area contributed by atoms with Gasteiger partial charge in [0.25, 0.3) is 11.8 Å². The van der Waals surface area contributed by atoms with Gasteiger partial charge in [-0.3, -0.25) is 14.4 Å². The lowest BCUT2D eigenvalue weighted by Crippen LogP contribution is -2.48. The zero-order valence-corrected chi connectivity index (χ0v) is 21.3. The zero-order chi connectivity index (χ0) is 26.4. The molecule has 1 heterocycles. The maximum atomic E-state index is 13.4. The number of carbonyl (C=O) groups excluding carboxylic acids is 3. The molecule has 4 aromatic rings. The highest BCUT2D eigenvalue weighted by molar-refractivity contribution is 6.42. The third-order valence-electron chi connectivity index (χ3n) is 5.69. The maximum absolute atomic E-state index is 13.4. The summed E-state index contributed by atoms with van der Waals surface area (Å²) in [4.78, 5) is 39.4. The molecule has 0 aliphatic carbocycles. The molecule has 9 heteroatoms. The number of aromatic nitrogens is 1. The van der Waals surface area contributed by atoms with Crippen molar-refractivity contribution >= 4 is 40.8 Å². The van der Waals surface area contributed by atoms with Crippen LogP contribution in [-0.2, 0) is 22.6 Å². The van der Waals surface area contributed by atoms with Crippen LogP contribution in [0.15, 0.2) is 83.4 Å². The van der Waals surface area contributed by atoms with Crippen LogP contribution in [0.5, 0.6) is 0 Å². The number of rotatable bonds is 9. The van der Waals surface area contributed by atoms with Crippen LogP contribution < -0.4 is 10.6 Å². The first kappa shape index (κ1) is 26.1. The zero-order valence-electron chi connectivity index (χ0n) is 19.8. The van der Waals surface area contributed by atoms with Crippen molar-refractivity contribution < 1.29 is 18.9 Å². The molecule has 188 valence electrons. The smallest absolute Gasteiger partial charge is 0.289 e. The van der Waals surface area contributed by atoms with Gasteiger partial charge in [0.05, 0.1) is 15.7 Å². The van der Waals surface area contributed by atoms with Gasteiger partial charge in [-0.1, -0.05) is 95.1 Å². The second-order valence-corrected chi connectivity index (χ2v) is 9.16. The van der Waals surface area contributed by atoms with Crippen LogP contribution in [0.2, 0.25) is 10.0 Å². The molecule has 0 aliphatic rings. The van der Waals surface area contributed by atoms with Gasteiger partial charge >= 0.3 is 0 Å². The minimum Gasteiger partial charge on any atom is -0.355 e. The summed E-state index contributed by atoms with van der Waals surface area (Å²) in [5, 5.41) is 9.99. The van der Waals surface area contributed by atoms with Crippen molar-refractivity contribution in [3.05, 3.63) is 111 Å². The Labute approximate surface area is 223 Å². The van der Waals surface area contributed by atoms with Crippen molar-refractivity contribution in [2.75, 3.05) is 0 Å². The number of halogens is 2. The Hall–Kier alpha value is -3.94. The van der Waals surface area contributed by atoms with Crippen LogP contribution in [0, 0.1) is 6.92 Å². The quantitative estimate of drug-likeness (QED) is 0.287. The van der Waals surface area contributed by atoms with E-state index in [-0.39, 0.29) is 24.3 Å². The fourth-order valence-corrected chi connectivity index (χ4v) is 4.11. The first-order valence-electron chi connectivity index (χ1n) is 11.5. The summed E-state index contributed by atoms with van der Waals surface area (Å²) in [7, 11) is 0. The molecule has 0 fully saturated rings. The molecule has 37 heavy (non-hydrogen) atoms. The SMILES string of the molecule is Cc1noc(-c2ccccc2)c1C(=O)N[C@@H](Cc1ccccc1)C(=O)C(=O)NCc1ccc(Cl)c(Cl)c1. The number of hydrogen-bond acceptors (Lipinski definition) is 5. The molecule has 0 saturated heterocycles. The highest BCUT2D eigenvalue weighted by Gasteiger charge is 2.30. The van der Waals surface area contributed by atoms with Crippen molar-refractivity contribution in [1.82, 2.24) is 15.8 Å². The Morgan fingerprint density at radius 1 is 0.892 bits per heavy atom. The molecular weight excluding hydrogens is 513 g/mol. The molecular formula is C28H23Cl2N3O4. The predicted molar refractivity (Wildman–Crippen MR) is 141 cm³/mol. The number of nitrogens with one attached hydrogen (secondary N) is 2. The number of ketones is 1. The maximum Gasteiger partial charge on any atom is 0.289 e. The van der Waals surface area contributed by atoms with Crippen molar-refractivity contribution in [1.29, 1.82) is 0 Å². The highest BCUT2D eigenvalue weighted by atomic mass is 35.5. The summed E-state index contributed by atoms with van der Waals surface area (Å²) in [5.41, 5.74) is 2.69. The van der Waals surface area contributed by atoms with E-state index in [0.29, 0.717) is 26.9 Å². The second kappa shape index (κ2) is 11.9. The normalized spacial score (nSPS) is 11.5. The van der Waals surface area contributed by atoms with Crippen molar-refractivity contribution in [2.24, 2.45) is 0 Å². The van der Waals surface area contributed by atoms with Gasteiger partial charge in [0, 0.05) is 18.5 Å². The van der Waals surface area contributed by atoms with Crippen LogP contribution in [0.25, 0.3) is 11.3 Å². The van der Waals surface area contributed by atoms with E-state index in [1.165, 1.54) is 0 Å². The lowest BCUT2D eigenvalue weighted by molar-refractivity contribution is -0.139. The molecule has 4 rings (SSSR count). The first-order chi connectivity index (χ1) is 17.8. The van der Waals surface area contributed by atoms with Gasteiger partial charge in [-0.05, 0) is 30.2 Å². The number of carbonyl (C=O) groups is 3. The van der Waals surface area contributed by atoms with Crippen LogP contribution in [0.4, 0.5) is 0 Å². The van der Waals surface area contributed by atoms with E-state index in [0.717, 1.165) is 5.56 Å². The number of aryl methyl sites for hydroxylation is 1. The fraction of sp³-hybridized carbons (Fsp3) is 0.143. The topological polar surface area (TPSA) is 101 Å². The van der Waals surface area contributed by atoms with E-state index in [9.17, 15) is 14.4 Å². The van der Waals surface area contributed by atoms with E-state index in [1.54, 1.807) is 37.3 Å². The van der Waals surface area contributed by atoms with E-state index in [4.69, 9.17) is 27.7 Å². The average molecular weight is 536 g/mol. The van der Waals surface area contributed by atoms with E-state index in [2.05, 4.69) is 15.8 Å². The fourth-order valence-electron chi connectivity index (χ4n) is 3.79. The third kappa shape index (κ3) is 6.44. The second-order valence-electron chi connectivity index (χ2n) is 8.35. The molecule has 0 aliphatic heterocycles. The molecule has 3 aromatic carbocycles. The van der Waals surface area contributed by atoms with Gasteiger partial charge in [-0.2, -0.15) is 0 Å². The van der Waals surface area contributed by atoms with E-state index in [1.807, 2.05) is 48.5 Å². The van der Waals surface area contributed by atoms with Crippen molar-refractivity contribution in [3.8, 4) is 11.3 Å². The van der Waals surface area contributed by atoms with Crippen molar-refractivity contribution in [2.45, 2.75) is 25.9 Å². The number of nitrogens with zero attached hydrogens (tertiary/aromatic N) is 1. The standard InChI is InChI=1S/C28H23Cl2N3O4/c1-17-24(26(37-33-17)20-10-6-3-7-11-20)27(35)32-23(15-18-8-4-2-5-9-18)25(34)28(36)31-16-19-12-13-21(29)22(30)14-19/h2-14,23H,15-16H2,1H3,(H,31,36)(H,32,35)/t23-/m0/s1. The lowest BCUT2D eigenvalue weighted by atomic mass is 10.00. The van der Waals surface area contributed by atoms with Gasteiger partial charge in [0.15, 0.2) is 5.76 Å². The number of hydrogen-bond donors (Lipinski definition) is 2. The van der Waals surface area contributed by atoms with E-state index < -0.39 is 23.6 Å². The largest absolute Gasteiger partial charge is 0.355 e. The number of benzene rings is 3. The van der Waals surface area contributed by atoms with Crippen LogP contribution in [-0.4, -0.2) is 28.8 Å². The Bertz CT molecular complexity index is 1420. The summed E-state index contributed by atoms with van der Waals surface area (Å²) < 4.78 is 5.42. The molecule has 2 N–H and O–H groups in total. The highest BCUT2D eigenvalue weighted by Crippen LogP contribution is 2.26. The Kier molecular flexibility index (Phi) is 8.38. The number of Topliss-reactive ketones (excluding diaryl/α,β-unsaturated/α-hetero) is 1. The molecule has 2 amide bonds. The Morgan fingerprint density at radius 2 is 1.57 bits per heavy atom. The molecule has 0 unspecified atom stereocenters. The average Bonchev–Trinajstić information content (AvgIpc) is 3.30. The van der Waals surface area contributed by atoms with Gasteiger partial charge in [0.2, 0.25) is 5.78 Å². The predicted octanol–water partition coefficient (Wildman–Crippen LogP) is 5.18. The molecule has 1 aromatic heterocycles. The van der Waals surface area contributed by atoms with Gasteiger partial charge in [-0.25, -0.2) is 0 Å². The van der Waals surface area contributed by atoms with Crippen molar-refractivity contribution in [3.63, 3.8) is 0 Å². The molecule has 0 spiro atoms. The van der Waals surface area contributed by atoms with Gasteiger partial charge in [0.1, 0.15) is 11.6 Å². The summed E-state index contributed by atoms with van der Waals surface area (Å²) in [5.74, 6) is -1.90. The summed E-state index contributed by atoms with van der Waals surface area (Å²) in [6.07, 6.45) is 0.122. The van der Waals surface area contributed by atoms with Gasteiger partial charge in [-0.15, -0.1) is 0 Å².